The average Bonchev–Trinajstić information content (AvgIpc) is 3.17. The Kier molecular flexibility index (Phi) is 6.74. The van der Waals surface area contributed by atoms with Gasteiger partial charge >= 0.3 is 0 Å². The third-order valence-corrected chi connectivity index (χ3v) is 7.94. The Morgan fingerprint density at radius 1 is 1.00 bits per heavy atom. The monoisotopic (exact) mass is 493 g/mol. The maximum Gasteiger partial charge on any atom is 0.249 e. The summed E-state index contributed by atoms with van der Waals surface area (Å²) < 4.78 is 6.65. The van der Waals surface area contributed by atoms with Crippen LogP contribution in [0.3, 0.4) is 0 Å². The Balaban J connectivity index is 1.55. The second-order valence-corrected chi connectivity index (χ2v) is 10.4. The number of carbonyl (C=O) groups is 3. The van der Waals surface area contributed by atoms with Gasteiger partial charge in [0.2, 0.25) is 17.7 Å². The molecule has 4 aliphatic rings. The zero-order valence-electron chi connectivity index (χ0n) is 21.0. The molecule has 5 atom stereocenters. The van der Waals surface area contributed by atoms with Crippen molar-refractivity contribution < 1.29 is 24.2 Å². The SMILES string of the molecule is CC(C)N1CC=C[C@]23O[C@H]4C=CCN(c5ccccc5)C(=O)[C@H]4[C@H]2C(=O)N(CCCCCO)C3C1=O. The highest BCUT2D eigenvalue weighted by atomic mass is 16.5. The van der Waals surface area contributed by atoms with Crippen LogP contribution in [-0.4, -0.2) is 82.7 Å². The van der Waals surface area contributed by atoms with Gasteiger partial charge < -0.3 is 24.5 Å². The first-order chi connectivity index (χ1) is 17.4. The normalized spacial score (nSPS) is 31.6. The zero-order chi connectivity index (χ0) is 25.4. The van der Waals surface area contributed by atoms with E-state index >= 15 is 0 Å². The number of fused-ring (bicyclic) bond motifs is 2. The quantitative estimate of drug-likeness (QED) is 0.464. The van der Waals surface area contributed by atoms with Gasteiger partial charge in [-0.2, -0.15) is 0 Å². The summed E-state index contributed by atoms with van der Waals surface area (Å²) in [4.78, 5) is 47.2. The molecule has 1 N–H and O–H groups in total. The highest BCUT2D eigenvalue weighted by Gasteiger charge is 2.71. The fourth-order valence-electron chi connectivity index (χ4n) is 6.27. The molecule has 2 fully saturated rings. The van der Waals surface area contributed by atoms with Crippen LogP contribution in [0.15, 0.2) is 54.6 Å². The fourth-order valence-corrected chi connectivity index (χ4v) is 6.27. The van der Waals surface area contributed by atoms with Crippen LogP contribution in [0.4, 0.5) is 5.69 Å². The van der Waals surface area contributed by atoms with Crippen LogP contribution in [0.2, 0.25) is 0 Å². The van der Waals surface area contributed by atoms with E-state index in [0.29, 0.717) is 32.5 Å². The Morgan fingerprint density at radius 2 is 1.78 bits per heavy atom. The van der Waals surface area contributed by atoms with Crippen molar-refractivity contribution in [1.82, 2.24) is 9.80 Å². The van der Waals surface area contributed by atoms with Crippen molar-refractivity contribution in [2.24, 2.45) is 11.8 Å². The minimum atomic E-state index is -1.19. The molecule has 8 heteroatoms. The molecule has 4 aliphatic heterocycles. The molecule has 3 amide bonds. The van der Waals surface area contributed by atoms with Crippen molar-refractivity contribution in [3.63, 3.8) is 0 Å². The van der Waals surface area contributed by atoms with Gasteiger partial charge in [-0.05, 0) is 45.2 Å². The molecule has 2 saturated heterocycles. The van der Waals surface area contributed by atoms with Crippen LogP contribution in [0.1, 0.15) is 33.1 Å². The zero-order valence-corrected chi connectivity index (χ0v) is 21.0. The van der Waals surface area contributed by atoms with Gasteiger partial charge in [0.05, 0.1) is 17.9 Å². The van der Waals surface area contributed by atoms with E-state index in [1.165, 1.54) is 0 Å². The average molecular weight is 494 g/mol. The first-order valence-corrected chi connectivity index (χ1v) is 13.0. The Bertz CT molecular complexity index is 1070. The first kappa shape index (κ1) is 24.7. The van der Waals surface area contributed by atoms with E-state index in [4.69, 9.17) is 4.74 Å². The molecule has 192 valence electrons. The number of para-hydroxylation sites is 1. The molecule has 8 nitrogen and oxygen atoms in total. The molecule has 0 aliphatic carbocycles. The molecule has 1 aromatic rings. The van der Waals surface area contributed by atoms with Crippen molar-refractivity contribution >= 4 is 23.4 Å². The summed E-state index contributed by atoms with van der Waals surface area (Å²) in [6.45, 7) is 5.25. The van der Waals surface area contributed by atoms with E-state index < -0.39 is 29.6 Å². The largest absolute Gasteiger partial charge is 0.396 e. The number of amides is 3. The maximum absolute atomic E-state index is 14.1. The first-order valence-electron chi connectivity index (χ1n) is 13.0. The highest BCUT2D eigenvalue weighted by Crippen LogP contribution is 2.53. The molecule has 0 saturated carbocycles. The number of unbranched alkanes of at least 4 members (excludes halogenated alkanes) is 2. The lowest BCUT2D eigenvalue weighted by Crippen LogP contribution is -2.56. The third kappa shape index (κ3) is 3.87. The van der Waals surface area contributed by atoms with Gasteiger partial charge in [0.15, 0.2) is 0 Å². The summed E-state index contributed by atoms with van der Waals surface area (Å²) >= 11 is 0. The summed E-state index contributed by atoms with van der Waals surface area (Å²) in [6.07, 6.45) is 9.09. The van der Waals surface area contributed by atoms with E-state index in [1.807, 2.05) is 68.5 Å². The van der Waals surface area contributed by atoms with Gasteiger partial charge in [0.25, 0.3) is 0 Å². The summed E-state index contributed by atoms with van der Waals surface area (Å²) in [5.41, 5.74) is -0.417. The predicted octanol–water partition coefficient (Wildman–Crippen LogP) is 2.14. The molecule has 5 rings (SSSR count). The number of carbonyl (C=O) groups excluding carboxylic acids is 3. The second-order valence-electron chi connectivity index (χ2n) is 10.4. The van der Waals surface area contributed by atoms with Gasteiger partial charge in [-0.15, -0.1) is 0 Å². The van der Waals surface area contributed by atoms with Crippen molar-refractivity contribution in [1.29, 1.82) is 0 Å². The number of ether oxygens (including phenoxy) is 1. The lowest BCUT2D eigenvalue weighted by Gasteiger charge is -2.36. The number of aliphatic hydroxyl groups is 1. The molecule has 1 spiro atoms. The van der Waals surface area contributed by atoms with E-state index in [2.05, 4.69) is 0 Å². The number of benzene rings is 1. The van der Waals surface area contributed by atoms with Crippen molar-refractivity contribution in [3.8, 4) is 0 Å². The molecule has 4 heterocycles. The molecule has 0 bridgehead atoms. The molecular formula is C28H35N3O5. The van der Waals surface area contributed by atoms with Crippen LogP contribution < -0.4 is 4.90 Å². The molecule has 0 aromatic heterocycles. The maximum atomic E-state index is 14.1. The topological polar surface area (TPSA) is 90.4 Å². The Morgan fingerprint density at radius 3 is 2.50 bits per heavy atom. The predicted molar refractivity (Wildman–Crippen MR) is 135 cm³/mol. The van der Waals surface area contributed by atoms with E-state index in [0.717, 1.165) is 12.1 Å². The number of hydrogen-bond acceptors (Lipinski definition) is 5. The smallest absolute Gasteiger partial charge is 0.249 e. The fraction of sp³-hybridized carbons (Fsp3) is 0.536. The van der Waals surface area contributed by atoms with Gasteiger partial charge in [0, 0.05) is 38.0 Å². The summed E-state index contributed by atoms with van der Waals surface area (Å²) in [6, 6.07) is 8.60. The summed E-state index contributed by atoms with van der Waals surface area (Å²) in [5, 5.41) is 9.19. The Labute approximate surface area is 212 Å². The van der Waals surface area contributed by atoms with Gasteiger partial charge in [-0.25, -0.2) is 0 Å². The molecule has 1 unspecified atom stereocenters. The standard InChI is InChI=1S/C28H35N3O5/c1-19(2)29-17-10-14-28-23(26(34)31(24(28)27(29)35)15-7-4-8-18-32)22-21(36-28)13-9-16-30(25(22)33)20-11-5-3-6-12-20/h3,5-6,9-14,19,21-24,32H,4,7-8,15-18H2,1-2H3/t21-,22+,23-,24?,28-/m0/s1. The summed E-state index contributed by atoms with van der Waals surface area (Å²) in [5.74, 6) is -1.99. The van der Waals surface area contributed by atoms with Crippen LogP contribution in [0.5, 0.6) is 0 Å². The minimum absolute atomic E-state index is 0.0373. The van der Waals surface area contributed by atoms with Crippen LogP contribution >= 0.6 is 0 Å². The Hall–Kier alpha value is -2.97. The van der Waals surface area contributed by atoms with Crippen LogP contribution in [-0.2, 0) is 19.1 Å². The summed E-state index contributed by atoms with van der Waals surface area (Å²) in [7, 11) is 0. The van der Waals surface area contributed by atoms with Gasteiger partial charge in [-0.1, -0.05) is 42.5 Å². The highest BCUT2D eigenvalue weighted by molar-refractivity contribution is 6.03. The number of aliphatic hydroxyl groups excluding tert-OH is 1. The third-order valence-electron chi connectivity index (χ3n) is 7.94. The molecule has 0 radical (unpaired) electrons. The minimum Gasteiger partial charge on any atom is -0.396 e. The van der Waals surface area contributed by atoms with E-state index in [-0.39, 0.29) is 30.4 Å². The van der Waals surface area contributed by atoms with E-state index in [1.54, 1.807) is 14.7 Å². The molecule has 1 aromatic carbocycles. The van der Waals surface area contributed by atoms with Crippen LogP contribution in [0.25, 0.3) is 0 Å². The van der Waals surface area contributed by atoms with Gasteiger partial charge in [-0.3, -0.25) is 14.4 Å². The number of rotatable bonds is 7. The van der Waals surface area contributed by atoms with E-state index in [9.17, 15) is 19.5 Å². The number of nitrogens with zero attached hydrogens (tertiary/aromatic N) is 3. The lowest BCUT2D eigenvalue weighted by atomic mass is 9.77. The number of likely N-dealkylation sites (tertiary alicyclic amines) is 1. The van der Waals surface area contributed by atoms with Crippen molar-refractivity contribution in [2.75, 3.05) is 31.1 Å². The molecule has 36 heavy (non-hydrogen) atoms. The van der Waals surface area contributed by atoms with Crippen LogP contribution in [0, 0.1) is 11.8 Å². The van der Waals surface area contributed by atoms with Gasteiger partial charge in [0.1, 0.15) is 11.6 Å². The number of anilines is 1. The van der Waals surface area contributed by atoms with Crippen molar-refractivity contribution in [2.45, 2.75) is 56.9 Å². The molecular weight excluding hydrogens is 458 g/mol. The number of hydrogen-bond donors (Lipinski definition) is 1. The second kappa shape index (κ2) is 9.82. The van der Waals surface area contributed by atoms with Crippen molar-refractivity contribution in [3.05, 3.63) is 54.6 Å². The lowest BCUT2D eigenvalue weighted by molar-refractivity contribution is -0.148.